The van der Waals surface area contributed by atoms with E-state index in [1.165, 1.54) is 24.2 Å². The quantitative estimate of drug-likeness (QED) is 0.523. The number of amides is 2. The van der Waals surface area contributed by atoms with E-state index in [-0.39, 0.29) is 36.2 Å². The first-order valence-electron chi connectivity index (χ1n) is 13.0. The summed E-state index contributed by atoms with van der Waals surface area (Å²) in [6.45, 7) is 4.64. The third-order valence-electron chi connectivity index (χ3n) is 8.14. The zero-order valence-electron chi connectivity index (χ0n) is 20.7. The van der Waals surface area contributed by atoms with E-state index in [2.05, 4.69) is 27.5 Å². The lowest BCUT2D eigenvalue weighted by atomic mass is 10.0. The van der Waals surface area contributed by atoms with E-state index >= 15 is 0 Å². The Bertz CT molecular complexity index is 1160. The molecule has 0 spiro atoms. The molecular formula is C26H33N5O4S. The molecule has 3 aliphatic heterocycles. The number of aliphatic hydroxyl groups excluding tert-OH is 1. The maximum absolute atomic E-state index is 13.8. The summed E-state index contributed by atoms with van der Waals surface area (Å²) in [7, 11) is 0. The smallest absolute Gasteiger partial charge is 0.280 e. The van der Waals surface area contributed by atoms with Crippen molar-refractivity contribution in [1.29, 1.82) is 0 Å². The van der Waals surface area contributed by atoms with Crippen LogP contribution in [0.3, 0.4) is 0 Å². The van der Waals surface area contributed by atoms with Crippen LogP contribution in [0.2, 0.25) is 0 Å². The normalized spacial score (nSPS) is 27.9. The number of aliphatic hydroxyl groups is 1. The van der Waals surface area contributed by atoms with E-state index in [9.17, 15) is 14.7 Å². The monoisotopic (exact) mass is 511 g/mol. The highest BCUT2D eigenvalue weighted by molar-refractivity contribution is 7.17. The van der Waals surface area contributed by atoms with Crippen molar-refractivity contribution in [2.45, 2.75) is 82.6 Å². The number of aromatic nitrogens is 2. The van der Waals surface area contributed by atoms with Gasteiger partial charge in [-0.2, -0.15) is 0 Å². The molecule has 2 aromatic heterocycles. The van der Waals surface area contributed by atoms with Crippen LogP contribution in [0.1, 0.15) is 71.3 Å². The van der Waals surface area contributed by atoms with E-state index < -0.39 is 18.1 Å². The van der Waals surface area contributed by atoms with Gasteiger partial charge in [-0.25, -0.2) is 9.97 Å². The highest BCUT2D eigenvalue weighted by Gasteiger charge is 2.44. The van der Waals surface area contributed by atoms with Crippen LogP contribution in [-0.2, 0) is 4.74 Å². The third-order valence-corrected chi connectivity index (χ3v) is 9.23. The van der Waals surface area contributed by atoms with Crippen molar-refractivity contribution in [2.75, 3.05) is 18.5 Å². The minimum atomic E-state index is -0.751. The predicted octanol–water partition coefficient (Wildman–Crippen LogP) is 2.98. The topological polar surface area (TPSA) is 117 Å². The number of aryl methyl sites for hydroxylation is 1. The number of fused-ring (bicyclic) bond motifs is 2. The van der Waals surface area contributed by atoms with Crippen molar-refractivity contribution in [2.24, 2.45) is 5.92 Å². The number of hydrogen-bond acceptors (Lipinski definition) is 8. The van der Waals surface area contributed by atoms with Gasteiger partial charge in [0, 0.05) is 29.9 Å². The lowest BCUT2D eigenvalue weighted by Crippen LogP contribution is -2.42. The Morgan fingerprint density at radius 1 is 1.17 bits per heavy atom. The molecule has 36 heavy (non-hydrogen) atoms. The van der Waals surface area contributed by atoms with Crippen LogP contribution in [0, 0.1) is 12.8 Å². The van der Waals surface area contributed by atoms with Crippen molar-refractivity contribution in [3.05, 3.63) is 28.5 Å². The predicted molar refractivity (Wildman–Crippen MR) is 136 cm³/mol. The number of nitrogens with zero attached hydrogens (tertiary/aromatic N) is 3. The molecular weight excluding hydrogens is 478 g/mol. The summed E-state index contributed by atoms with van der Waals surface area (Å²) >= 11 is 1.21. The highest BCUT2D eigenvalue weighted by atomic mass is 32.1. The van der Waals surface area contributed by atoms with Crippen molar-refractivity contribution in [3.63, 3.8) is 0 Å². The lowest BCUT2D eigenvalue weighted by Gasteiger charge is -2.21. The fourth-order valence-electron chi connectivity index (χ4n) is 5.84. The number of anilines is 1. The van der Waals surface area contributed by atoms with Crippen LogP contribution in [0.15, 0.2) is 12.3 Å². The molecule has 3 saturated heterocycles. The van der Waals surface area contributed by atoms with E-state index in [1.807, 2.05) is 17.9 Å². The number of pyridine rings is 1. The van der Waals surface area contributed by atoms with Gasteiger partial charge in [-0.1, -0.05) is 0 Å². The number of hydrogen-bond donors (Lipinski definition) is 3. The van der Waals surface area contributed by atoms with Crippen LogP contribution < -0.4 is 10.6 Å². The van der Waals surface area contributed by atoms with Crippen LogP contribution in [0.5, 0.6) is 0 Å². The molecule has 5 heterocycles. The Labute approximate surface area is 214 Å². The summed E-state index contributed by atoms with van der Waals surface area (Å²) in [5.74, 6) is 1.02. The highest BCUT2D eigenvalue weighted by Crippen LogP contribution is 2.41. The summed E-state index contributed by atoms with van der Waals surface area (Å²) in [6, 6.07) is 2.41. The molecule has 2 amide bonds. The molecule has 4 aliphatic rings. The van der Waals surface area contributed by atoms with Gasteiger partial charge in [0.1, 0.15) is 11.5 Å². The standard InChI is InChI=1S/C26H33N5O4S/c1-13-9-21(28-14(2)15-3-4-15)27-10-18(13)23-22(26(34)31-16-5-6-17(31)8-7-16)30-25(36-23)24(33)29-19-11-35-12-20(19)32/h9-10,14-17,19-20,32H,3-8,11-12H2,1-2H3,(H,27,28)(H,29,33)/t14-,16?,17?,19-,20-/m1/s1. The van der Waals surface area contributed by atoms with Gasteiger partial charge in [-0.15, -0.1) is 11.3 Å². The molecule has 192 valence electrons. The molecule has 0 radical (unpaired) electrons. The van der Waals surface area contributed by atoms with Crippen LogP contribution in [0.25, 0.3) is 10.4 Å². The summed E-state index contributed by atoms with van der Waals surface area (Å²) in [5.41, 5.74) is 2.11. The average molecular weight is 512 g/mol. The number of nitrogens with one attached hydrogen (secondary N) is 2. The van der Waals surface area contributed by atoms with Crippen molar-refractivity contribution in [1.82, 2.24) is 20.2 Å². The third kappa shape index (κ3) is 4.39. The molecule has 1 saturated carbocycles. The zero-order valence-corrected chi connectivity index (χ0v) is 21.5. The molecule has 3 N–H and O–H groups in total. The lowest BCUT2D eigenvalue weighted by molar-refractivity contribution is 0.0725. The second-order valence-corrected chi connectivity index (χ2v) is 11.7. The van der Waals surface area contributed by atoms with Gasteiger partial charge >= 0.3 is 0 Å². The summed E-state index contributed by atoms with van der Waals surface area (Å²) in [6.07, 6.45) is 7.67. The van der Waals surface area contributed by atoms with Gasteiger partial charge in [0.25, 0.3) is 11.8 Å². The Balaban J connectivity index is 1.32. The molecule has 0 unspecified atom stereocenters. The summed E-state index contributed by atoms with van der Waals surface area (Å²) in [4.78, 5) is 38.8. The van der Waals surface area contributed by atoms with Gasteiger partial charge < -0.3 is 25.4 Å². The van der Waals surface area contributed by atoms with E-state index in [0.29, 0.717) is 22.5 Å². The minimum absolute atomic E-state index is 0.0986. The number of carbonyl (C=O) groups is 2. The number of thiazole rings is 1. The maximum atomic E-state index is 13.8. The zero-order chi connectivity index (χ0) is 25.0. The molecule has 6 rings (SSSR count). The maximum Gasteiger partial charge on any atom is 0.280 e. The Morgan fingerprint density at radius 3 is 2.50 bits per heavy atom. The number of carbonyl (C=O) groups excluding carboxylic acids is 2. The average Bonchev–Trinajstić information content (AvgIpc) is 3.16. The minimum Gasteiger partial charge on any atom is -0.388 e. The molecule has 9 nitrogen and oxygen atoms in total. The fraction of sp³-hybridized carbons (Fsp3) is 0.615. The first-order valence-corrected chi connectivity index (χ1v) is 13.8. The van der Waals surface area contributed by atoms with E-state index in [1.54, 1.807) is 6.20 Å². The van der Waals surface area contributed by atoms with Gasteiger partial charge in [0.15, 0.2) is 5.01 Å². The Morgan fingerprint density at radius 2 is 1.89 bits per heavy atom. The Kier molecular flexibility index (Phi) is 6.21. The van der Waals surface area contributed by atoms with Crippen LogP contribution in [0.4, 0.5) is 5.82 Å². The van der Waals surface area contributed by atoms with Crippen molar-refractivity contribution in [3.8, 4) is 10.4 Å². The van der Waals surface area contributed by atoms with Crippen molar-refractivity contribution < 1.29 is 19.4 Å². The first-order chi connectivity index (χ1) is 17.4. The van der Waals surface area contributed by atoms with Gasteiger partial charge in [-0.05, 0) is 69.9 Å². The van der Waals surface area contributed by atoms with Gasteiger partial charge in [0.05, 0.1) is 30.2 Å². The number of ether oxygens (including phenoxy) is 1. The number of rotatable bonds is 7. The van der Waals surface area contributed by atoms with Gasteiger partial charge in [-0.3, -0.25) is 9.59 Å². The molecule has 1 aliphatic carbocycles. The fourth-order valence-corrected chi connectivity index (χ4v) is 6.88. The first kappa shape index (κ1) is 23.8. The molecule has 10 heteroatoms. The molecule has 2 bridgehead atoms. The molecule has 4 fully saturated rings. The molecule has 3 atom stereocenters. The molecule has 2 aromatic rings. The SMILES string of the molecule is Cc1cc(N[C@H](C)C2CC2)ncc1-c1sc(C(=O)N[C@@H]2COC[C@H]2O)nc1C(=O)N1C2CCC1CC2. The van der Waals surface area contributed by atoms with E-state index in [4.69, 9.17) is 4.74 Å². The Hall–Kier alpha value is -2.56. The molecule has 0 aromatic carbocycles. The summed E-state index contributed by atoms with van der Waals surface area (Å²) < 4.78 is 5.26. The summed E-state index contributed by atoms with van der Waals surface area (Å²) in [5, 5.41) is 16.6. The van der Waals surface area contributed by atoms with Crippen LogP contribution in [-0.4, -0.2) is 75.3 Å². The van der Waals surface area contributed by atoms with E-state index in [0.717, 1.165) is 42.6 Å². The van der Waals surface area contributed by atoms with Crippen LogP contribution >= 0.6 is 11.3 Å². The van der Waals surface area contributed by atoms with Gasteiger partial charge in [0.2, 0.25) is 0 Å². The van der Waals surface area contributed by atoms with Crippen molar-refractivity contribution >= 4 is 29.0 Å². The second-order valence-electron chi connectivity index (χ2n) is 10.7. The largest absolute Gasteiger partial charge is 0.388 e. The second kappa shape index (κ2) is 9.39.